The van der Waals surface area contributed by atoms with Crippen LogP contribution in [0.1, 0.15) is 16.0 Å². The van der Waals surface area contributed by atoms with E-state index in [0.29, 0.717) is 27.8 Å². The SMILES string of the molecule is Cc1cc(C#N)c(NCc2cnc(Cl)s2)cc1F. The van der Waals surface area contributed by atoms with Gasteiger partial charge in [-0.3, -0.25) is 0 Å². The van der Waals surface area contributed by atoms with Gasteiger partial charge in [0.2, 0.25) is 0 Å². The zero-order valence-electron chi connectivity index (χ0n) is 9.50. The molecule has 1 N–H and O–H groups in total. The number of hydrogen-bond acceptors (Lipinski definition) is 4. The highest BCUT2D eigenvalue weighted by Crippen LogP contribution is 2.22. The summed E-state index contributed by atoms with van der Waals surface area (Å²) < 4.78 is 13.9. The van der Waals surface area contributed by atoms with Crippen molar-refractivity contribution in [3.63, 3.8) is 0 Å². The molecule has 0 bridgehead atoms. The minimum Gasteiger partial charge on any atom is -0.379 e. The number of anilines is 1. The molecule has 2 aromatic rings. The largest absolute Gasteiger partial charge is 0.379 e. The van der Waals surface area contributed by atoms with Crippen molar-refractivity contribution < 1.29 is 4.39 Å². The molecule has 0 aliphatic heterocycles. The van der Waals surface area contributed by atoms with Gasteiger partial charge in [0.15, 0.2) is 4.47 Å². The summed E-state index contributed by atoms with van der Waals surface area (Å²) in [5.41, 5.74) is 1.35. The standard InChI is InChI=1S/C12H9ClFN3S/c1-7-2-8(4-15)11(3-10(7)14)16-5-9-6-17-12(13)18-9/h2-3,6,16H,5H2,1H3. The molecular formula is C12H9ClFN3S. The lowest BCUT2D eigenvalue weighted by atomic mass is 10.1. The zero-order valence-corrected chi connectivity index (χ0v) is 11.1. The van der Waals surface area contributed by atoms with E-state index in [4.69, 9.17) is 16.9 Å². The van der Waals surface area contributed by atoms with E-state index in [0.717, 1.165) is 4.88 Å². The van der Waals surface area contributed by atoms with Crippen LogP contribution in [-0.4, -0.2) is 4.98 Å². The molecule has 0 saturated carbocycles. The number of nitrogens with one attached hydrogen (secondary N) is 1. The molecule has 1 heterocycles. The molecule has 6 heteroatoms. The molecule has 0 spiro atoms. The van der Waals surface area contributed by atoms with Gasteiger partial charge in [0.05, 0.1) is 17.8 Å². The van der Waals surface area contributed by atoms with Crippen LogP contribution >= 0.6 is 22.9 Å². The van der Waals surface area contributed by atoms with Crippen molar-refractivity contribution in [2.45, 2.75) is 13.5 Å². The lowest BCUT2D eigenvalue weighted by Crippen LogP contribution is -2.01. The average molecular weight is 282 g/mol. The van der Waals surface area contributed by atoms with Gasteiger partial charge in [-0.05, 0) is 24.6 Å². The summed E-state index contributed by atoms with van der Waals surface area (Å²) in [6.07, 6.45) is 1.65. The molecule has 0 unspecified atom stereocenters. The van der Waals surface area contributed by atoms with Gasteiger partial charge in [-0.2, -0.15) is 5.26 Å². The number of aryl methyl sites for hydroxylation is 1. The maximum absolute atomic E-state index is 13.4. The van der Waals surface area contributed by atoms with Gasteiger partial charge in [0.1, 0.15) is 11.9 Å². The highest BCUT2D eigenvalue weighted by atomic mass is 35.5. The molecule has 3 nitrogen and oxygen atoms in total. The maximum Gasteiger partial charge on any atom is 0.183 e. The number of halogens is 2. The zero-order chi connectivity index (χ0) is 13.1. The Morgan fingerprint density at radius 3 is 2.94 bits per heavy atom. The quantitative estimate of drug-likeness (QED) is 0.932. The smallest absolute Gasteiger partial charge is 0.183 e. The second-order valence-electron chi connectivity index (χ2n) is 3.69. The van der Waals surface area contributed by atoms with Crippen LogP contribution in [-0.2, 0) is 6.54 Å². The van der Waals surface area contributed by atoms with Crippen molar-refractivity contribution in [1.82, 2.24) is 4.98 Å². The van der Waals surface area contributed by atoms with Gasteiger partial charge in [-0.25, -0.2) is 9.37 Å². The van der Waals surface area contributed by atoms with Gasteiger partial charge in [0.25, 0.3) is 0 Å². The van der Waals surface area contributed by atoms with E-state index in [1.807, 2.05) is 6.07 Å². The summed E-state index contributed by atoms with van der Waals surface area (Å²) in [6, 6.07) is 4.89. The van der Waals surface area contributed by atoms with E-state index in [9.17, 15) is 4.39 Å². The van der Waals surface area contributed by atoms with Crippen molar-refractivity contribution in [2.24, 2.45) is 0 Å². The number of thiazole rings is 1. The molecule has 0 atom stereocenters. The van der Waals surface area contributed by atoms with E-state index in [1.165, 1.54) is 23.5 Å². The Hall–Kier alpha value is -1.64. The predicted octanol–water partition coefficient (Wildman–Crippen LogP) is 3.73. The van der Waals surface area contributed by atoms with Crippen molar-refractivity contribution in [2.75, 3.05) is 5.32 Å². The predicted molar refractivity (Wildman–Crippen MR) is 70.3 cm³/mol. The Kier molecular flexibility index (Phi) is 3.80. The van der Waals surface area contributed by atoms with Gasteiger partial charge in [-0.15, -0.1) is 11.3 Å². The number of rotatable bonds is 3. The van der Waals surface area contributed by atoms with Crippen molar-refractivity contribution >= 4 is 28.6 Å². The number of aromatic nitrogens is 1. The number of nitriles is 1. The van der Waals surface area contributed by atoms with Crippen LogP contribution in [0.25, 0.3) is 0 Å². The van der Waals surface area contributed by atoms with Crippen LogP contribution in [0, 0.1) is 24.1 Å². The Morgan fingerprint density at radius 2 is 2.33 bits per heavy atom. The molecule has 1 aromatic heterocycles. The molecule has 0 radical (unpaired) electrons. The first kappa shape index (κ1) is 12.8. The second-order valence-corrected chi connectivity index (χ2v) is 5.39. The fourth-order valence-corrected chi connectivity index (χ4v) is 2.39. The summed E-state index contributed by atoms with van der Waals surface area (Å²) in [5, 5.41) is 12.0. The monoisotopic (exact) mass is 281 g/mol. The molecule has 0 saturated heterocycles. The third-order valence-corrected chi connectivity index (χ3v) is 3.51. The van der Waals surface area contributed by atoms with Gasteiger partial charge in [-0.1, -0.05) is 11.6 Å². The van der Waals surface area contributed by atoms with Crippen LogP contribution in [0.3, 0.4) is 0 Å². The van der Waals surface area contributed by atoms with Crippen LogP contribution in [0.5, 0.6) is 0 Å². The van der Waals surface area contributed by atoms with Crippen molar-refractivity contribution in [3.8, 4) is 6.07 Å². The third-order valence-electron chi connectivity index (χ3n) is 2.40. The van der Waals surface area contributed by atoms with Crippen LogP contribution in [0.2, 0.25) is 4.47 Å². The Balaban J connectivity index is 2.19. The molecule has 0 amide bonds. The van der Waals surface area contributed by atoms with Gasteiger partial charge in [0, 0.05) is 11.1 Å². The Labute approximate surface area is 113 Å². The van der Waals surface area contributed by atoms with Crippen molar-refractivity contribution in [3.05, 3.63) is 44.6 Å². The Morgan fingerprint density at radius 1 is 1.56 bits per heavy atom. The Bertz CT molecular complexity index is 618. The molecule has 18 heavy (non-hydrogen) atoms. The number of nitrogens with zero attached hydrogens (tertiary/aromatic N) is 2. The fraction of sp³-hybridized carbons (Fsp3) is 0.167. The van der Waals surface area contributed by atoms with Crippen LogP contribution in [0.4, 0.5) is 10.1 Å². The molecule has 1 aromatic carbocycles. The number of benzene rings is 1. The normalized spacial score (nSPS) is 10.1. The molecule has 0 fully saturated rings. The molecule has 92 valence electrons. The number of hydrogen-bond donors (Lipinski definition) is 1. The maximum atomic E-state index is 13.4. The first-order valence-electron chi connectivity index (χ1n) is 5.14. The summed E-state index contributed by atoms with van der Waals surface area (Å²) in [6.45, 7) is 2.09. The molecular weight excluding hydrogens is 273 g/mol. The average Bonchev–Trinajstić information content (AvgIpc) is 2.76. The van der Waals surface area contributed by atoms with E-state index in [-0.39, 0.29) is 5.82 Å². The molecule has 0 aliphatic carbocycles. The van der Waals surface area contributed by atoms with E-state index in [1.54, 1.807) is 13.1 Å². The second kappa shape index (κ2) is 5.34. The minimum atomic E-state index is -0.334. The van der Waals surface area contributed by atoms with E-state index >= 15 is 0 Å². The summed E-state index contributed by atoms with van der Waals surface area (Å²) in [7, 11) is 0. The summed E-state index contributed by atoms with van der Waals surface area (Å²) in [5.74, 6) is -0.334. The first-order valence-corrected chi connectivity index (χ1v) is 6.34. The molecule has 0 aliphatic rings. The van der Waals surface area contributed by atoms with Crippen LogP contribution in [0.15, 0.2) is 18.3 Å². The minimum absolute atomic E-state index is 0.334. The lowest BCUT2D eigenvalue weighted by Gasteiger charge is -2.08. The lowest BCUT2D eigenvalue weighted by molar-refractivity contribution is 0.618. The highest BCUT2D eigenvalue weighted by molar-refractivity contribution is 7.15. The summed E-state index contributed by atoms with van der Waals surface area (Å²) in [4.78, 5) is 4.83. The van der Waals surface area contributed by atoms with Crippen molar-refractivity contribution in [1.29, 1.82) is 5.26 Å². The third kappa shape index (κ3) is 2.78. The first-order chi connectivity index (χ1) is 8.60. The van der Waals surface area contributed by atoms with E-state index in [2.05, 4.69) is 10.3 Å². The van der Waals surface area contributed by atoms with E-state index < -0.39 is 0 Å². The highest BCUT2D eigenvalue weighted by Gasteiger charge is 2.07. The van der Waals surface area contributed by atoms with Crippen LogP contribution < -0.4 is 5.32 Å². The molecule has 2 rings (SSSR count). The fourth-order valence-electron chi connectivity index (χ4n) is 1.47. The summed E-state index contributed by atoms with van der Waals surface area (Å²) >= 11 is 7.06. The topological polar surface area (TPSA) is 48.7 Å². The van der Waals surface area contributed by atoms with Gasteiger partial charge < -0.3 is 5.32 Å². The van der Waals surface area contributed by atoms with Gasteiger partial charge >= 0.3 is 0 Å².